The van der Waals surface area contributed by atoms with Crippen molar-refractivity contribution in [1.82, 2.24) is 20.0 Å². The molecule has 0 bridgehead atoms. The van der Waals surface area contributed by atoms with Gasteiger partial charge in [0.15, 0.2) is 5.15 Å². The van der Waals surface area contributed by atoms with Crippen molar-refractivity contribution in [1.29, 1.82) is 0 Å². The highest BCUT2D eigenvalue weighted by Gasteiger charge is 2.11. The second-order valence-corrected chi connectivity index (χ2v) is 6.30. The number of carbonyl (C=O) groups excluding carboxylic acids is 1. The van der Waals surface area contributed by atoms with E-state index in [0.29, 0.717) is 24.7 Å². The van der Waals surface area contributed by atoms with E-state index >= 15 is 0 Å². The molecule has 1 fully saturated rings. The number of rotatable bonds is 7. The lowest BCUT2D eigenvalue weighted by atomic mass is 10.2. The highest BCUT2D eigenvalue weighted by atomic mass is 35.5. The number of amides is 1. The number of fused-ring (bicyclic) bond motifs is 1. The first kappa shape index (κ1) is 17.2. The molecule has 0 aliphatic carbocycles. The van der Waals surface area contributed by atoms with E-state index in [2.05, 4.69) is 15.3 Å². The number of aromatic nitrogens is 2. The van der Waals surface area contributed by atoms with E-state index in [4.69, 9.17) is 16.3 Å². The molecule has 1 aliphatic heterocycles. The zero-order chi connectivity index (χ0) is 16.8. The molecule has 2 heterocycles. The fourth-order valence-corrected chi connectivity index (χ4v) is 3.16. The summed E-state index contributed by atoms with van der Waals surface area (Å²) in [6.07, 6.45) is 1.36. The Hall–Kier alpha value is -1.63. The van der Waals surface area contributed by atoms with E-state index in [1.807, 2.05) is 24.3 Å². The number of para-hydroxylation sites is 1. The van der Waals surface area contributed by atoms with Gasteiger partial charge in [0.05, 0.1) is 25.3 Å². The number of aryl methyl sites for hydroxylation is 1. The van der Waals surface area contributed by atoms with Crippen LogP contribution in [0.25, 0.3) is 10.9 Å². The zero-order valence-electron chi connectivity index (χ0n) is 13.7. The summed E-state index contributed by atoms with van der Waals surface area (Å²) in [4.78, 5) is 14.4. The second kappa shape index (κ2) is 8.46. The molecule has 0 unspecified atom stereocenters. The lowest BCUT2D eigenvalue weighted by Crippen LogP contribution is -2.38. The summed E-state index contributed by atoms with van der Waals surface area (Å²) in [5.74, 6) is 0.0488. The molecule has 6 nitrogen and oxygen atoms in total. The van der Waals surface area contributed by atoms with Gasteiger partial charge in [-0.3, -0.25) is 14.4 Å². The first-order valence-electron chi connectivity index (χ1n) is 8.42. The highest BCUT2D eigenvalue weighted by molar-refractivity contribution is 6.34. The summed E-state index contributed by atoms with van der Waals surface area (Å²) in [6.45, 7) is 5.84. The van der Waals surface area contributed by atoms with Crippen molar-refractivity contribution in [3.8, 4) is 0 Å². The minimum atomic E-state index is 0.0488. The highest BCUT2D eigenvalue weighted by Crippen LogP contribution is 2.22. The minimum absolute atomic E-state index is 0.0488. The Morgan fingerprint density at radius 1 is 1.25 bits per heavy atom. The van der Waals surface area contributed by atoms with E-state index in [1.165, 1.54) is 0 Å². The lowest BCUT2D eigenvalue weighted by Gasteiger charge is -2.26. The van der Waals surface area contributed by atoms with Crippen molar-refractivity contribution >= 4 is 28.4 Å². The second-order valence-electron chi connectivity index (χ2n) is 5.94. The van der Waals surface area contributed by atoms with Crippen LogP contribution in [0, 0.1) is 0 Å². The van der Waals surface area contributed by atoms with Crippen LogP contribution in [0.3, 0.4) is 0 Å². The van der Waals surface area contributed by atoms with Gasteiger partial charge in [0.1, 0.15) is 0 Å². The maximum absolute atomic E-state index is 12.0. The number of benzene rings is 1. The van der Waals surface area contributed by atoms with Gasteiger partial charge in [-0.2, -0.15) is 5.10 Å². The third-order valence-electron chi connectivity index (χ3n) is 4.24. The first-order valence-corrected chi connectivity index (χ1v) is 8.80. The van der Waals surface area contributed by atoms with Gasteiger partial charge in [0.25, 0.3) is 0 Å². The van der Waals surface area contributed by atoms with Crippen LogP contribution in [-0.4, -0.2) is 60.0 Å². The van der Waals surface area contributed by atoms with Gasteiger partial charge < -0.3 is 10.1 Å². The Morgan fingerprint density at radius 3 is 2.88 bits per heavy atom. The van der Waals surface area contributed by atoms with E-state index in [9.17, 15) is 4.79 Å². The Balaban J connectivity index is 1.39. The topological polar surface area (TPSA) is 59.4 Å². The van der Waals surface area contributed by atoms with Crippen LogP contribution in [0.15, 0.2) is 24.3 Å². The number of nitrogens with one attached hydrogen (secondary N) is 1. The largest absolute Gasteiger partial charge is 0.379 e. The molecule has 1 N–H and O–H groups in total. The molecule has 1 aliphatic rings. The van der Waals surface area contributed by atoms with Gasteiger partial charge >= 0.3 is 0 Å². The fourth-order valence-electron chi connectivity index (χ4n) is 2.91. The summed E-state index contributed by atoms with van der Waals surface area (Å²) >= 11 is 6.12. The number of hydrogen-bond donors (Lipinski definition) is 1. The molecule has 1 amide bonds. The number of ether oxygens (including phenoxy) is 1. The zero-order valence-corrected chi connectivity index (χ0v) is 14.5. The van der Waals surface area contributed by atoms with E-state index in [0.717, 1.165) is 50.2 Å². The van der Waals surface area contributed by atoms with Gasteiger partial charge in [-0.25, -0.2) is 0 Å². The van der Waals surface area contributed by atoms with Crippen LogP contribution < -0.4 is 5.32 Å². The van der Waals surface area contributed by atoms with Gasteiger partial charge in [0.2, 0.25) is 5.91 Å². The first-order chi connectivity index (χ1) is 11.7. The molecule has 7 heteroatoms. The Kier molecular flexibility index (Phi) is 6.07. The van der Waals surface area contributed by atoms with Gasteiger partial charge in [-0.05, 0) is 25.1 Å². The van der Waals surface area contributed by atoms with Crippen LogP contribution in [0.2, 0.25) is 5.15 Å². The van der Waals surface area contributed by atoms with Gasteiger partial charge in [-0.15, -0.1) is 0 Å². The molecule has 0 spiro atoms. The normalized spacial score (nSPS) is 15.7. The summed E-state index contributed by atoms with van der Waals surface area (Å²) in [5, 5.41) is 8.68. The molecule has 0 atom stereocenters. The fraction of sp³-hybridized carbons (Fsp3) is 0.529. The minimum Gasteiger partial charge on any atom is -0.379 e. The number of nitrogens with zero attached hydrogens (tertiary/aromatic N) is 3. The van der Waals surface area contributed by atoms with E-state index in [-0.39, 0.29) is 5.91 Å². The van der Waals surface area contributed by atoms with Gasteiger partial charge in [-0.1, -0.05) is 23.7 Å². The number of hydrogen-bond acceptors (Lipinski definition) is 4. The van der Waals surface area contributed by atoms with Crippen molar-refractivity contribution in [3.63, 3.8) is 0 Å². The molecular weight excluding hydrogens is 328 g/mol. The third kappa shape index (κ3) is 4.47. The van der Waals surface area contributed by atoms with Crippen LogP contribution in [0.5, 0.6) is 0 Å². The smallest absolute Gasteiger partial charge is 0.221 e. The predicted octanol–water partition coefficient (Wildman–Crippen LogP) is 1.92. The molecule has 130 valence electrons. The maximum Gasteiger partial charge on any atom is 0.221 e. The van der Waals surface area contributed by atoms with E-state index < -0.39 is 0 Å². The number of halogens is 1. The molecule has 0 radical (unpaired) electrons. The van der Waals surface area contributed by atoms with Crippen molar-refractivity contribution in [2.24, 2.45) is 0 Å². The van der Waals surface area contributed by atoms with Crippen LogP contribution in [-0.2, 0) is 16.1 Å². The average Bonchev–Trinajstić information content (AvgIpc) is 2.94. The number of carbonyl (C=O) groups is 1. The maximum atomic E-state index is 12.0. The van der Waals surface area contributed by atoms with E-state index in [1.54, 1.807) is 4.68 Å². The lowest BCUT2D eigenvalue weighted by molar-refractivity contribution is -0.121. The summed E-state index contributed by atoms with van der Waals surface area (Å²) < 4.78 is 7.12. The summed E-state index contributed by atoms with van der Waals surface area (Å²) in [7, 11) is 0. The molecule has 1 saturated heterocycles. The SMILES string of the molecule is O=C(CCn1nc(Cl)c2ccccc21)NCCCN1CCOCC1. The monoisotopic (exact) mass is 350 g/mol. The third-order valence-corrected chi connectivity index (χ3v) is 4.52. The molecule has 1 aromatic carbocycles. The van der Waals surface area contributed by atoms with Crippen LogP contribution in [0.4, 0.5) is 0 Å². The Morgan fingerprint density at radius 2 is 2.04 bits per heavy atom. The average molecular weight is 351 g/mol. The predicted molar refractivity (Wildman–Crippen MR) is 94.2 cm³/mol. The molecular formula is C17H23ClN4O2. The quantitative estimate of drug-likeness (QED) is 0.775. The van der Waals surface area contributed by atoms with Crippen LogP contribution in [0.1, 0.15) is 12.8 Å². The molecule has 2 aromatic rings. The molecule has 24 heavy (non-hydrogen) atoms. The summed E-state index contributed by atoms with van der Waals surface area (Å²) in [5.41, 5.74) is 0.961. The molecule has 0 saturated carbocycles. The van der Waals surface area contributed by atoms with Crippen molar-refractivity contribution in [2.45, 2.75) is 19.4 Å². The van der Waals surface area contributed by atoms with Crippen molar-refractivity contribution in [2.75, 3.05) is 39.4 Å². The Bertz CT molecular complexity index is 682. The Labute approximate surface area is 146 Å². The number of morpholine rings is 1. The van der Waals surface area contributed by atoms with Crippen molar-refractivity contribution < 1.29 is 9.53 Å². The summed E-state index contributed by atoms with van der Waals surface area (Å²) in [6, 6.07) is 7.78. The molecule has 3 rings (SSSR count). The van der Waals surface area contributed by atoms with Gasteiger partial charge in [0, 0.05) is 31.4 Å². The van der Waals surface area contributed by atoms with Crippen LogP contribution >= 0.6 is 11.6 Å². The van der Waals surface area contributed by atoms with Crippen molar-refractivity contribution in [3.05, 3.63) is 29.4 Å². The molecule has 1 aromatic heterocycles. The standard InChI is InChI=1S/C17H23ClN4O2/c18-17-14-4-1-2-5-15(14)22(20-17)9-6-16(23)19-7-3-8-21-10-12-24-13-11-21/h1-2,4-5H,3,6-13H2,(H,19,23).